The van der Waals surface area contributed by atoms with Crippen LogP contribution in [0.5, 0.6) is 0 Å². The number of carbonyl (C=O) groups is 1. The van der Waals surface area contributed by atoms with Crippen molar-refractivity contribution in [3.63, 3.8) is 0 Å². The standard InChI is InChI=1S/C17H19NO/c1-3-18(16-11-9-14(2)10-12-16)13-17(19)15-7-5-4-6-8-15/h4-12H,3,13H2,1-2H3. The van der Waals surface area contributed by atoms with Crippen molar-refractivity contribution in [2.75, 3.05) is 18.0 Å². The van der Waals surface area contributed by atoms with Gasteiger partial charge in [0, 0.05) is 17.8 Å². The van der Waals surface area contributed by atoms with E-state index >= 15 is 0 Å². The molecule has 0 unspecified atom stereocenters. The summed E-state index contributed by atoms with van der Waals surface area (Å²) < 4.78 is 0. The number of benzene rings is 2. The number of Topliss-reactive ketones (excluding diaryl/α,β-unsaturated/α-hetero) is 1. The Morgan fingerprint density at radius 3 is 2.21 bits per heavy atom. The summed E-state index contributed by atoms with van der Waals surface area (Å²) in [6.07, 6.45) is 0. The zero-order valence-corrected chi connectivity index (χ0v) is 11.5. The van der Waals surface area contributed by atoms with Crippen molar-refractivity contribution < 1.29 is 4.79 Å². The summed E-state index contributed by atoms with van der Waals surface area (Å²) in [4.78, 5) is 14.3. The molecule has 0 bridgehead atoms. The molecule has 0 aromatic heterocycles. The van der Waals surface area contributed by atoms with E-state index in [1.807, 2.05) is 30.3 Å². The van der Waals surface area contributed by atoms with Crippen molar-refractivity contribution in [1.82, 2.24) is 0 Å². The molecule has 2 aromatic carbocycles. The van der Waals surface area contributed by atoms with Gasteiger partial charge in [0.25, 0.3) is 0 Å². The molecule has 2 aromatic rings. The molecule has 2 rings (SSSR count). The summed E-state index contributed by atoms with van der Waals surface area (Å²) in [5, 5.41) is 0. The third-order valence-electron chi connectivity index (χ3n) is 3.21. The van der Waals surface area contributed by atoms with Crippen LogP contribution >= 0.6 is 0 Å². The number of aryl methyl sites for hydroxylation is 1. The molecule has 2 heteroatoms. The van der Waals surface area contributed by atoms with E-state index < -0.39 is 0 Å². The average molecular weight is 253 g/mol. The maximum Gasteiger partial charge on any atom is 0.182 e. The van der Waals surface area contributed by atoms with Crippen LogP contribution in [0.3, 0.4) is 0 Å². The molecule has 0 aliphatic heterocycles. The van der Waals surface area contributed by atoms with Gasteiger partial charge in [-0.1, -0.05) is 48.0 Å². The Bertz CT molecular complexity index is 531. The number of hydrogen-bond acceptors (Lipinski definition) is 2. The van der Waals surface area contributed by atoms with E-state index in [-0.39, 0.29) is 5.78 Å². The van der Waals surface area contributed by atoms with Gasteiger partial charge in [-0.3, -0.25) is 4.79 Å². The molecule has 0 saturated heterocycles. The first-order valence-electron chi connectivity index (χ1n) is 6.60. The molecule has 2 nitrogen and oxygen atoms in total. The SMILES string of the molecule is CCN(CC(=O)c1ccccc1)c1ccc(C)cc1. The minimum atomic E-state index is 0.156. The van der Waals surface area contributed by atoms with Crippen molar-refractivity contribution in [1.29, 1.82) is 0 Å². The second-order valence-corrected chi connectivity index (χ2v) is 4.64. The van der Waals surface area contributed by atoms with Gasteiger partial charge in [0.05, 0.1) is 6.54 Å². The molecule has 98 valence electrons. The quantitative estimate of drug-likeness (QED) is 0.757. The van der Waals surface area contributed by atoms with Gasteiger partial charge in [-0.2, -0.15) is 0 Å². The van der Waals surface area contributed by atoms with E-state index in [4.69, 9.17) is 0 Å². The Kier molecular flexibility index (Phi) is 4.35. The lowest BCUT2D eigenvalue weighted by atomic mass is 10.1. The zero-order chi connectivity index (χ0) is 13.7. The second-order valence-electron chi connectivity index (χ2n) is 4.64. The van der Waals surface area contributed by atoms with Crippen LogP contribution in [-0.4, -0.2) is 18.9 Å². The van der Waals surface area contributed by atoms with Gasteiger partial charge < -0.3 is 4.90 Å². The van der Waals surface area contributed by atoms with Gasteiger partial charge >= 0.3 is 0 Å². The number of carbonyl (C=O) groups excluding carboxylic acids is 1. The van der Waals surface area contributed by atoms with Crippen LogP contribution in [0.2, 0.25) is 0 Å². The Morgan fingerprint density at radius 1 is 1.00 bits per heavy atom. The van der Waals surface area contributed by atoms with Gasteiger partial charge in [-0.25, -0.2) is 0 Å². The van der Waals surface area contributed by atoms with Crippen molar-refractivity contribution in [2.24, 2.45) is 0 Å². The number of likely N-dealkylation sites (N-methyl/N-ethyl adjacent to an activating group) is 1. The van der Waals surface area contributed by atoms with E-state index in [0.717, 1.165) is 17.8 Å². The van der Waals surface area contributed by atoms with E-state index in [1.165, 1.54) is 5.56 Å². The normalized spacial score (nSPS) is 10.2. The summed E-state index contributed by atoms with van der Waals surface area (Å²) in [5.41, 5.74) is 3.10. The molecule has 0 amide bonds. The molecule has 0 atom stereocenters. The monoisotopic (exact) mass is 253 g/mol. The van der Waals surface area contributed by atoms with Crippen LogP contribution in [0.15, 0.2) is 54.6 Å². The highest BCUT2D eigenvalue weighted by Crippen LogP contribution is 2.15. The molecular formula is C17H19NO. The predicted molar refractivity (Wildman–Crippen MR) is 79.8 cm³/mol. The summed E-state index contributed by atoms with van der Waals surface area (Å²) in [5.74, 6) is 0.156. The maximum atomic E-state index is 12.2. The van der Waals surface area contributed by atoms with Crippen LogP contribution in [0.25, 0.3) is 0 Å². The molecule has 0 saturated carbocycles. The Morgan fingerprint density at radius 2 is 1.63 bits per heavy atom. The van der Waals surface area contributed by atoms with Crippen LogP contribution in [-0.2, 0) is 0 Å². The predicted octanol–water partition coefficient (Wildman–Crippen LogP) is 3.70. The molecule has 0 heterocycles. The fraction of sp³-hybridized carbons (Fsp3) is 0.235. The number of hydrogen-bond donors (Lipinski definition) is 0. The van der Waals surface area contributed by atoms with E-state index in [2.05, 4.69) is 43.0 Å². The van der Waals surface area contributed by atoms with Gasteiger partial charge in [-0.05, 0) is 26.0 Å². The van der Waals surface area contributed by atoms with Crippen molar-refractivity contribution in [2.45, 2.75) is 13.8 Å². The van der Waals surface area contributed by atoms with Crippen molar-refractivity contribution in [3.8, 4) is 0 Å². The van der Waals surface area contributed by atoms with Crippen LogP contribution < -0.4 is 4.90 Å². The number of nitrogens with zero attached hydrogens (tertiary/aromatic N) is 1. The first-order valence-corrected chi connectivity index (χ1v) is 6.60. The molecule has 19 heavy (non-hydrogen) atoms. The lowest BCUT2D eigenvalue weighted by Crippen LogP contribution is -2.29. The molecule has 0 aliphatic rings. The first-order chi connectivity index (χ1) is 9.20. The van der Waals surface area contributed by atoms with Gasteiger partial charge in [0.2, 0.25) is 0 Å². The molecule has 0 fully saturated rings. The largest absolute Gasteiger partial charge is 0.364 e. The van der Waals surface area contributed by atoms with Crippen LogP contribution in [0, 0.1) is 6.92 Å². The summed E-state index contributed by atoms with van der Waals surface area (Å²) >= 11 is 0. The highest BCUT2D eigenvalue weighted by Gasteiger charge is 2.11. The van der Waals surface area contributed by atoms with E-state index in [0.29, 0.717) is 6.54 Å². The molecule has 0 N–H and O–H groups in total. The molecular weight excluding hydrogens is 234 g/mol. The van der Waals surface area contributed by atoms with Gasteiger partial charge in [-0.15, -0.1) is 0 Å². The lowest BCUT2D eigenvalue weighted by molar-refractivity contribution is 0.0999. The first kappa shape index (κ1) is 13.3. The minimum absolute atomic E-state index is 0.156. The minimum Gasteiger partial charge on any atom is -0.364 e. The molecule has 0 radical (unpaired) electrons. The highest BCUT2D eigenvalue weighted by molar-refractivity contribution is 5.99. The Hall–Kier alpha value is -2.09. The Balaban J connectivity index is 2.11. The topological polar surface area (TPSA) is 20.3 Å². The lowest BCUT2D eigenvalue weighted by Gasteiger charge is -2.22. The van der Waals surface area contributed by atoms with Crippen molar-refractivity contribution in [3.05, 3.63) is 65.7 Å². The number of ketones is 1. The maximum absolute atomic E-state index is 12.2. The fourth-order valence-corrected chi connectivity index (χ4v) is 2.03. The zero-order valence-electron chi connectivity index (χ0n) is 11.5. The summed E-state index contributed by atoms with van der Waals surface area (Å²) in [6, 6.07) is 17.7. The third-order valence-corrected chi connectivity index (χ3v) is 3.21. The van der Waals surface area contributed by atoms with E-state index in [9.17, 15) is 4.79 Å². The second kappa shape index (κ2) is 6.19. The van der Waals surface area contributed by atoms with E-state index in [1.54, 1.807) is 0 Å². The van der Waals surface area contributed by atoms with Crippen LogP contribution in [0.1, 0.15) is 22.8 Å². The molecule has 0 spiro atoms. The number of rotatable bonds is 5. The summed E-state index contributed by atoms with van der Waals surface area (Å²) in [6.45, 7) is 5.37. The summed E-state index contributed by atoms with van der Waals surface area (Å²) in [7, 11) is 0. The molecule has 0 aliphatic carbocycles. The van der Waals surface area contributed by atoms with Gasteiger partial charge in [0.15, 0.2) is 5.78 Å². The average Bonchev–Trinajstić information content (AvgIpc) is 2.46. The number of anilines is 1. The highest BCUT2D eigenvalue weighted by atomic mass is 16.1. The Labute approximate surface area is 114 Å². The van der Waals surface area contributed by atoms with Crippen molar-refractivity contribution >= 4 is 11.5 Å². The van der Waals surface area contributed by atoms with Gasteiger partial charge in [0.1, 0.15) is 0 Å². The smallest absolute Gasteiger partial charge is 0.182 e. The third kappa shape index (κ3) is 3.44. The van der Waals surface area contributed by atoms with Crippen LogP contribution in [0.4, 0.5) is 5.69 Å². The fourth-order valence-electron chi connectivity index (χ4n) is 2.03.